The van der Waals surface area contributed by atoms with Gasteiger partial charge in [0.25, 0.3) is 0 Å². The first-order chi connectivity index (χ1) is 10.6. The van der Waals surface area contributed by atoms with Gasteiger partial charge in [0.2, 0.25) is 0 Å². The predicted octanol–water partition coefficient (Wildman–Crippen LogP) is 2.67. The summed E-state index contributed by atoms with van der Waals surface area (Å²) in [6.07, 6.45) is 4.02. The summed E-state index contributed by atoms with van der Waals surface area (Å²) in [5.74, 6) is 0.131. The van der Waals surface area contributed by atoms with Gasteiger partial charge in [-0.2, -0.15) is 4.91 Å². The van der Waals surface area contributed by atoms with Crippen LogP contribution in [0.5, 0.6) is 5.75 Å². The van der Waals surface area contributed by atoms with Crippen LogP contribution in [0.4, 0.5) is 0 Å². The highest BCUT2D eigenvalue weighted by Gasteiger charge is 2.32. The monoisotopic (exact) mass is 306 g/mol. The third kappa shape index (κ3) is 4.04. The molecule has 2 rings (SSSR count). The van der Waals surface area contributed by atoms with Crippen molar-refractivity contribution in [2.24, 2.45) is 10.9 Å². The summed E-state index contributed by atoms with van der Waals surface area (Å²) in [5.41, 5.74) is 8.24. The normalized spacial score (nSPS) is 20.1. The van der Waals surface area contributed by atoms with Gasteiger partial charge in [0.05, 0.1) is 6.54 Å². The quantitative estimate of drug-likeness (QED) is 0.362. The Hall–Kier alpha value is -1.95. The summed E-state index contributed by atoms with van der Waals surface area (Å²) in [5, 5.41) is 2.88. The maximum atomic E-state index is 11.2. The van der Waals surface area contributed by atoms with E-state index in [1.807, 2.05) is 12.1 Å². The Morgan fingerprint density at radius 3 is 3.00 bits per heavy atom. The predicted molar refractivity (Wildman–Crippen MR) is 82.3 cm³/mol. The zero-order valence-electron chi connectivity index (χ0n) is 12.8. The van der Waals surface area contributed by atoms with E-state index in [4.69, 9.17) is 15.5 Å². The summed E-state index contributed by atoms with van der Waals surface area (Å²) < 4.78 is 0. The van der Waals surface area contributed by atoms with Gasteiger partial charge in [-0.1, -0.05) is 24.2 Å². The Labute approximate surface area is 129 Å². The molecule has 2 N–H and O–H groups in total. The first-order valence-corrected chi connectivity index (χ1v) is 7.64. The molecule has 0 amide bonds. The molecule has 1 atom stereocenters. The minimum absolute atomic E-state index is 0.258. The lowest BCUT2D eigenvalue weighted by molar-refractivity contribution is -0.213. The molecule has 22 heavy (non-hydrogen) atoms. The Balaban J connectivity index is 2.11. The Kier molecular flexibility index (Phi) is 5.49. The van der Waals surface area contributed by atoms with Crippen molar-refractivity contribution < 1.29 is 14.6 Å². The van der Waals surface area contributed by atoms with E-state index >= 15 is 0 Å². The second-order valence-corrected chi connectivity index (χ2v) is 5.78. The summed E-state index contributed by atoms with van der Waals surface area (Å²) in [6.45, 7) is 2.00. The van der Waals surface area contributed by atoms with E-state index in [2.05, 4.69) is 5.18 Å². The number of fused-ring (bicyclic) bond motifs is 1. The van der Waals surface area contributed by atoms with Crippen LogP contribution < -0.4 is 10.6 Å². The standard InChI is InChI=1S/C16H22N2O4/c1-2-15(19)22-21-14-6-3-5-12-7-9-16(17,11-13(12)14)8-4-10-18-20/h3,5-6H,2,4,7-11,17H2,1H3. The van der Waals surface area contributed by atoms with E-state index in [-0.39, 0.29) is 18.5 Å². The van der Waals surface area contributed by atoms with Crippen LogP contribution in [0.1, 0.15) is 43.7 Å². The lowest BCUT2D eigenvalue weighted by atomic mass is 9.76. The van der Waals surface area contributed by atoms with E-state index < -0.39 is 5.97 Å². The second kappa shape index (κ2) is 7.35. The Morgan fingerprint density at radius 1 is 1.45 bits per heavy atom. The smallest absolute Gasteiger partial charge is 0.325 e. The van der Waals surface area contributed by atoms with Crippen LogP contribution in [0.25, 0.3) is 0 Å². The molecule has 1 aromatic rings. The van der Waals surface area contributed by atoms with Crippen molar-refractivity contribution >= 4 is 5.97 Å². The number of carbonyl (C=O) groups excluding carboxylic acids is 1. The van der Waals surface area contributed by atoms with Crippen LogP contribution in [0.2, 0.25) is 0 Å². The topological polar surface area (TPSA) is 91.0 Å². The molecule has 0 saturated heterocycles. The first kappa shape index (κ1) is 16.4. The third-order valence-corrected chi connectivity index (χ3v) is 4.09. The lowest BCUT2D eigenvalue weighted by Crippen LogP contribution is -2.45. The molecule has 1 unspecified atom stereocenters. The molecule has 1 aromatic carbocycles. The molecule has 1 aliphatic rings. The molecule has 0 heterocycles. The average molecular weight is 306 g/mol. The number of aryl methyl sites for hydroxylation is 1. The molecule has 6 nitrogen and oxygen atoms in total. The molecule has 0 saturated carbocycles. The molecule has 1 aliphatic carbocycles. The number of hydrogen-bond acceptors (Lipinski definition) is 6. The maximum absolute atomic E-state index is 11.2. The molecular formula is C16H22N2O4. The molecule has 0 aromatic heterocycles. The third-order valence-electron chi connectivity index (χ3n) is 4.09. The van der Waals surface area contributed by atoms with Gasteiger partial charge in [0.15, 0.2) is 5.75 Å². The molecule has 0 fully saturated rings. The van der Waals surface area contributed by atoms with Gasteiger partial charge < -0.3 is 5.73 Å². The van der Waals surface area contributed by atoms with E-state index in [0.717, 1.165) is 24.8 Å². The van der Waals surface area contributed by atoms with E-state index in [9.17, 15) is 9.70 Å². The second-order valence-electron chi connectivity index (χ2n) is 5.78. The van der Waals surface area contributed by atoms with Crippen molar-refractivity contribution in [3.63, 3.8) is 0 Å². The molecule has 0 radical (unpaired) electrons. The summed E-state index contributed by atoms with van der Waals surface area (Å²) >= 11 is 0. The molecule has 6 heteroatoms. The zero-order valence-corrected chi connectivity index (χ0v) is 12.8. The van der Waals surface area contributed by atoms with Gasteiger partial charge in [-0.15, -0.1) is 0 Å². The van der Waals surface area contributed by atoms with Crippen molar-refractivity contribution in [1.82, 2.24) is 0 Å². The molecule has 0 spiro atoms. The first-order valence-electron chi connectivity index (χ1n) is 7.64. The largest absolute Gasteiger partial charge is 0.355 e. The van der Waals surface area contributed by atoms with Crippen LogP contribution >= 0.6 is 0 Å². The highest BCUT2D eigenvalue weighted by Crippen LogP contribution is 2.35. The van der Waals surface area contributed by atoms with Gasteiger partial charge in [0.1, 0.15) is 0 Å². The number of nitrogens with two attached hydrogens (primary N) is 1. The molecular weight excluding hydrogens is 284 g/mol. The summed E-state index contributed by atoms with van der Waals surface area (Å²) in [7, 11) is 0. The number of nitroso groups, excluding NO2 is 1. The lowest BCUT2D eigenvalue weighted by Gasteiger charge is -2.35. The van der Waals surface area contributed by atoms with E-state index in [1.165, 1.54) is 5.56 Å². The van der Waals surface area contributed by atoms with Crippen LogP contribution in [-0.4, -0.2) is 18.1 Å². The number of rotatable bonds is 7. The van der Waals surface area contributed by atoms with Crippen molar-refractivity contribution in [2.75, 3.05) is 6.54 Å². The highest BCUT2D eigenvalue weighted by molar-refractivity contribution is 5.68. The number of carbonyl (C=O) groups is 1. The van der Waals surface area contributed by atoms with Gasteiger partial charge in [-0.05, 0) is 43.7 Å². The van der Waals surface area contributed by atoms with Crippen LogP contribution in [-0.2, 0) is 22.5 Å². The minimum atomic E-state index is -0.413. The fraction of sp³-hybridized carbons (Fsp3) is 0.562. The van der Waals surface area contributed by atoms with Gasteiger partial charge in [-0.25, -0.2) is 4.79 Å². The van der Waals surface area contributed by atoms with Crippen molar-refractivity contribution in [2.45, 2.75) is 51.0 Å². The SMILES string of the molecule is CCC(=O)OOc1cccc2c1CC(N)(CCCN=O)CC2. The maximum Gasteiger partial charge on any atom is 0.355 e. The van der Waals surface area contributed by atoms with Crippen molar-refractivity contribution in [3.8, 4) is 5.75 Å². The van der Waals surface area contributed by atoms with Gasteiger partial charge in [-0.3, -0.25) is 9.78 Å². The Bertz CT molecular complexity index is 547. The molecule has 120 valence electrons. The van der Waals surface area contributed by atoms with Gasteiger partial charge >= 0.3 is 5.97 Å². The van der Waals surface area contributed by atoms with Crippen molar-refractivity contribution in [1.29, 1.82) is 0 Å². The van der Waals surface area contributed by atoms with Crippen LogP contribution in [0.15, 0.2) is 23.4 Å². The summed E-state index contributed by atoms with van der Waals surface area (Å²) in [4.78, 5) is 31.4. The number of benzene rings is 1. The summed E-state index contributed by atoms with van der Waals surface area (Å²) in [6, 6.07) is 5.70. The van der Waals surface area contributed by atoms with Crippen LogP contribution in [0, 0.1) is 4.91 Å². The number of nitrogens with zero attached hydrogens (tertiary/aromatic N) is 1. The number of hydrogen-bond donors (Lipinski definition) is 1. The van der Waals surface area contributed by atoms with E-state index in [0.29, 0.717) is 18.6 Å². The Morgan fingerprint density at radius 2 is 2.27 bits per heavy atom. The fourth-order valence-corrected chi connectivity index (χ4v) is 2.81. The van der Waals surface area contributed by atoms with E-state index in [1.54, 1.807) is 13.0 Å². The van der Waals surface area contributed by atoms with Gasteiger partial charge in [0, 0.05) is 17.5 Å². The molecule has 0 bridgehead atoms. The average Bonchev–Trinajstić information content (AvgIpc) is 2.52. The molecule has 0 aliphatic heterocycles. The zero-order chi connectivity index (χ0) is 16.0. The van der Waals surface area contributed by atoms with Crippen molar-refractivity contribution in [3.05, 3.63) is 34.2 Å². The van der Waals surface area contributed by atoms with Crippen LogP contribution in [0.3, 0.4) is 0 Å². The minimum Gasteiger partial charge on any atom is -0.325 e. The fourth-order valence-electron chi connectivity index (χ4n) is 2.81. The highest BCUT2D eigenvalue weighted by atomic mass is 17.2.